The molecule has 0 heterocycles. The van der Waals surface area contributed by atoms with Gasteiger partial charge >= 0.3 is 0 Å². The summed E-state index contributed by atoms with van der Waals surface area (Å²) in [7, 11) is 0. The molecular weight excluding hydrogens is 250 g/mol. The van der Waals surface area contributed by atoms with Crippen LogP contribution in [-0.4, -0.2) is 12.3 Å². The Bertz CT molecular complexity index is 345. The third kappa shape index (κ3) is 7.03. The summed E-state index contributed by atoms with van der Waals surface area (Å²) in [6, 6.07) is 8.97. The van der Waals surface area contributed by atoms with E-state index < -0.39 is 0 Å². The maximum absolute atomic E-state index is 3.51. The maximum atomic E-state index is 3.51. The Morgan fingerprint density at radius 2 is 1.89 bits per heavy atom. The molecule has 108 valence electrons. The van der Waals surface area contributed by atoms with Gasteiger partial charge in [-0.25, -0.2) is 0 Å². The van der Waals surface area contributed by atoms with Gasteiger partial charge in [-0.1, -0.05) is 52.7 Å². The van der Waals surface area contributed by atoms with Gasteiger partial charge in [0.25, 0.3) is 0 Å². The fraction of sp³-hybridized carbons (Fsp3) is 0.647. The Morgan fingerprint density at radius 1 is 1.16 bits per heavy atom. The first-order chi connectivity index (χ1) is 9.15. The van der Waals surface area contributed by atoms with Gasteiger partial charge in [-0.15, -0.1) is 11.8 Å². The van der Waals surface area contributed by atoms with E-state index >= 15 is 0 Å². The van der Waals surface area contributed by atoms with Crippen LogP contribution in [-0.2, 0) is 6.54 Å². The second-order valence-electron chi connectivity index (χ2n) is 5.67. The van der Waals surface area contributed by atoms with Crippen molar-refractivity contribution < 1.29 is 0 Å². The Labute approximate surface area is 123 Å². The smallest absolute Gasteiger partial charge is 0.0206 e. The molecular formula is C17H29NS. The average molecular weight is 279 g/mol. The number of thioether (sulfide) groups is 1. The van der Waals surface area contributed by atoms with Gasteiger partial charge in [0.2, 0.25) is 0 Å². The summed E-state index contributed by atoms with van der Waals surface area (Å²) in [5.41, 5.74) is 1.40. The molecule has 0 aliphatic heterocycles. The highest BCUT2D eigenvalue weighted by molar-refractivity contribution is 7.99. The first kappa shape index (κ1) is 16.6. The number of benzene rings is 1. The molecule has 0 unspecified atom stereocenters. The van der Waals surface area contributed by atoms with Crippen LogP contribution in [0.4, 0.5) is 0 Å². The van der Waals surface area contributed by atoms with Crippen LogP contribution < -0.4 is 5.32 Å². The standard InChI is InChI=1S/C17H29NS/c1-5-15(6-2)13-19-17-9-7-8-16(10-17)12-18-11-14(3)4/h7-10,14-15,18H,5-6,11-13H2,1-4H3. The molecule has 1 N–H and O–H groups in total. The zero-order chi connectivity index (χ0) is 14.1. The second kappa shape index (κ2) is 9.44. The van der Waals surface area contributed by atoms with Crippen molar-refractivity contribution in [2.24, 2.45) is 11.8 Å². The Balaban J connectivity index is 2.43. The summed E-state index contributed by atoms with van der Waals surface area (Å²) in [5, 5.41) is 3.51. The molecule has 19 heavy (non-hydrogen) atoms. The quantitative estimate of drug-likeness (QED) is 0.641. The molecule has 1 rings (SSSR count). The first-order valence-corrected chi connectivity index (χ1v) is 8.56. The van der Waals surface area contributed by atoms with E-state index in [1.807, 2.05) is 11.8 Å². The Kier molecular flexibility index (Phi) is 8.24. The third-order valence-corrected chi connectivity index (χ3v) is 4.65. The zero-order valence-electron chi connectivity index (χ0n) is 12.9. The molecule has 1 aromatic carbocycles. The summed E-state index contributed by atoms with van der Waals surface area (Å²) in [4.78, 5) is 1.41. The van der Waals surface area contributed by atoms with Crippen molar-refractivity contribution in [1.29, 1.82) is 0 Å². The van der Waals surface area contributed by atoms with E-state index in [-0.39, 0.29) is 0 Å². The molecule has 1 aromatic rings. The minimum atomic E-state index is 0.715. The summed E-state index contributed by atoms with van der Waals surface area (Å²) >= 11 is 2.00. The second-order valence-corrected chi connectivity index (χ2v) is 6.76. The highest BCUT2D eigenvalue weighted by atomic mass is 32.2. The van der Waals surface area contributed by atoms with Crippen molar-refractivity contribution in [2.75, 3.05) is 12.3 Å². The predicted molar refractivity (Wildman–Crippen MR) is 87.8 cm³/mol. The van der Waals surface area contributed by atoms with E-state index in [0.29, 0.717) is 5.92 Å². The molecule has 2 heteroatoms. The number of hydrogen-bond donors (Lipinski definition) is 1. The van der Waals surface area contributed by atoms with Gasteiger partial charge in [0.15, 0.2) is 0 Å². The predicted octanol–water partition coefficient (Wildman–Crippen LogP) is 4.96. The van der Waals surface area contributed by atoms with Crippen LogP contribution in [0.25, 0.3) is 0 Å². The van der Waals surface area contributed by atoms with Crippen LogP contribution in [0.2, 0.25) is 0 Å². The van der Waals surface area contributed by atoms with Crippen LogP contribution in [0.3, 0.4) is 0 Å². The van der Waals surface area contributed by atoms with Crippen molar-refractivity contribution in [1.82, 2.24) is 5.32 Å². The molecule has 0 atom stereocenters. The van der Waals surface area contributed by atoms with E-state index in [1.54, 1.807) is 0 Å². The van der Waals surface area contributed by atoms with Crippen LogP contribution in [0.1, 0.15) is 46.1 Å². The molecule has 0 radical (unpaired) electrons. The van der Waals surface area contributed by atoms with Crippen LogP contribution in [0.15, 0.2) is 29.2 Å². The highest BCUT2D eigenvalue weighted by Crippen LogP contribution is 2.24. The van der Waals surface area contributed by atoms with E-state index in [9.17, 15) is 0 Å². The highest BCUT2D eigenvalue weighted by Gasteiger charge is 2.04. The fourth-order valence-electron chi connectivity index (χ4n) is 1.99. The number of nitrogens with one attached hydrogen (secondary N) is 1. The summed E-state index contributed by atoms with van der Waals surface area (Å²) in [5.74, 6) is 2.82. The van der Waals surface area contributed by atoms with Crippen molar-refractivity contribution in [3.05, 3.63) is 29.8 Å². The van der Waals surface area contributed by atoms with Crippen LogP contribution >= 0.6 is 11.8 Å². The van der Waals surface area contributed by atoms with Crippen molar-refractivity contribution in [2.45, 2.75) is 52.0 Å². The average Bonchev–Trinajstić information content (AvgIpc) is 2.40. The molecule has 0 aliphatic rings. The van der Waals surface area contributed by atoms with Gasteiger partial charge in [0.1, 0.15) is 0 Å². The Morgan fingerprint density at radius 3 is 2.53 bits per heavy atom. The molecule has 1 nitrogen and oxygen atoms in total. The van der Waals surface area contributed by atoms with Gasteiger partial charge in [-0.2, -0.15) is 0 Å². The molecule has 0 spiro atoms. The first-order valence-electron chi connectivity index (χ1n) is 7.58. The molecule has 0 aliphatic carbocycles. The van der Waals surface area contributed by atoms with Gasteiger partial charge in [-0.3, -0.25) is 0 Å². The van der Waals surface area contributed by atoms with Crippen molar-refractivity contribution in [3.63, 3.8) is 0 Å². The van der Waals surface area contributed by atoms with Crippen molar-refractivity contribution in [3.8, 4) is 0 Å². The van der Waals surface area contributed by atoms with Crippen molar-refractivity contribution >= 4 is 11.8 Å². The van der Waals surface area contributed by atoms with Gasteiger partial charge < -0.3 is 5.32 Å². The molecule has 0 fully saturated rings. The molecule has 0 saturated heterocycles. The summed E-state index contributed by atoms with van der Waals surface area (Å²) < 4.78 is 0. The molecule has 0 bridgehead atoms. The SMILES string of the molecule is CCC(CC)CSc1cccc(CNCC(C)C)c1. The van der Waals surface area contributed by atoms with Gasteiger partial charge in [0, 0.05) is 17.2 Å². The third-order valence-electron chi connectivity index (χ3n) is 3.42. The minimum Gasteiger partial charge on any atom is -0.312 e. The monoisotopic (exact) mass is 279 g/mol. The van der Waals surface area contributed by atoms with Crippen LogP contribution in [0.5, 0.6) is 0 Å². The summed E-state index contributed by atoms with van der Waals surface area (Å²) in [6.07, 6.45) is 2.58. The largest absolute Gasteiger partial charge is 0.312 e. The fourth-order valence-corrected chi connectivity index (χ4v) is 3.30. The lowest BCUT2D eigenvalue weighted by molar-refractivity contribution is 0.551. The number of hydrogen-bond acceptors (Lipinski definition) is 2. The lowest BCUT2D eigenvalue weighted by atomic mass is 10.1. The van der Waals surface area contributed by atoms with E-state index in [0.717, 1.165) is 19.0 Å². The van der Waals surface area contributed by atoms with E-state index in [4.69, 9.17) is 0 Å². The van der Waals surface area contributed by atoms with Crippen LogP contribution in [0, 0.1) is 11.8 Å². The zero-order valence-corrected chi connectivity index (χ0v) is 13.7. The normalized spacial score (nSPS) is 11.5. The van der Waals surface area contributed by atoms with Gasteiger partial charge in [0.05, 0.1) is 0 Å². The topological polar surface area (TPSA) is 12.0 Å². The number of rotatable bonds is 9. The lowest BCUT2D eigenvalue weighted by Crippen LogP contribution is -2.18. The Hall–Kier alpha value is -0.470. The summed E-state index contributed by atoms with van der Waals surface area (Å²) in [6.45, 7) is 11.1. The molecule has 0 saturated carbocycles. The minimum absolute atomic E-state index is 0.715. The molecule has 0 aromatic heterocycles. The molecule has 0 amide bonds. The maximum Gasteiger partial charge on any atom is 0.0206 e. The van der Waals surface area contributed by atoms with E-state index in [2.05, 4.69) is 57.3 Å². The lowest BCUT2D eigenvalue weighted by Gasteiger charge is -2.12. The van der Waals surface area contributed by atoms with Gasteiger partial charge in [-0.05, 0) is 36.1 Å². The van der Waals surface area contributed by atoms with E-state index in [1.165, 1.54) is 29.1 Å².